The molecule has 2 aromatic carbocycles. The molecule has 1 heterocycles. The summed E-state index contributed by atoms with van der Waals surface area (Å²) in [5.74, 6) is -0.355. The third-order valence-electron chi connectivity index (χ3n) is 5.33. The maximum absolute atomic E-state index is 12.8. The molecule has 162 valence electrons. The van der Waals surface area contributed by atoms with Crippen LogP contribution in [-0.4, -0.2) is 44.6 Å². The normalized spacial score (nSPS) is 15.7. The fourth-order valence-electron chi connectivity index (χ4n) is 3.79. The molecule has 0 aliphatic carbocycles. The van der Waals surface area contributed by atoms with Gasteiger partial charge in [-0.05, 0) is 68.2 Å². The van der Waals surface area contributed by atoms with E-state index in [1.165, 1.54) is 18.4 Å². The molecular weight excluding hydrogens is 422 g/mol. The summed E-state index contributed by atoms with van der Waals surface area (Å²) in [5, 5.41) is 3.41. The smallest absolute Gasteiger partial charge is 0.243 e. The van der Waals surface area contributed by atoms with Gasteiger partial charge in [0.1, 0.15) is 6.04 Å². The van der Waals surface area contributed by atoms with Crippen LogP contribution < -0.4 is 9.62 Å². The zero-order chi connectivity index (χ0) is 21.7. The summed E-state index contributed by atoms with van der Waals surface area (Å²) in [6.07, 6.45) is 3.54. The second-order valence-corrected chi connectivity index (χ2v) is 9.98. The van der Waals surface area contributed by atoms with E-state index >= 15 is 0 Å². The van der Waals surface area contributed by atoms with Crippen molar-refractivity contribution in [3.05, 3.63) is 64.7 Å². The minimum Gasteiger partial charge on any atom is -0.350 e. The first-order valence-corrected chi connectivity index (χ1v) is 12.3. The Labute approximate surface area is 183 Å². The molecule has 30 heavy (non-hydrogen) atoms. The Morgan fingerprint density at radius 2 is 1.70 bits per heavy atom. The highest BCUT2D eigenvalue weighted by molar-refractivity contribution is 7.92. The maximum Gasteiger partial charge on any atom is 0.243 e. The lowest BCUT2D eigenvalue weighted by molar-refractivity contribution is -0.122. The lowest BCUT2D eigenvalue weighted by Crippen LogP contribution is -2.47. The first-order chi connectivity index (χ1) is 14.3. The summed E-state index contributed by atoms with van der Waals surface area (Å²) in [7, 11) is -3.66. The number of likely N-dealkylation sites (tertiary alicyclic amines) is 1. The lowest BCUT2D eigenvalue weighted by Gasteiger charge is -2.28. The minimum atomic E-state index is -3.66. The van der Waals surface area contributed by atoms with Gasteiger partial charge in [0.25, 0.3) is 0 Å². The average Bonchev–Trinajstić information content (AvgIpc) is 3.21. The third kappa shape index (κ3) is 5.74. The summed E-state index contributed by atoms with van der Waals surface area (Å²) in [5.41, 5.74) is 2.63. The molecule has 2 aromatic rings. The molecule has 0 spiro atoms. The van der Waals surface area contributed by atoms with E-state index in [2.05, 4.69) is 16.3 Å². The second kappa shape index (κ2) is 9.81. The molecule has 1 amide bonds. The van der Waals surface area contributed by atoms with Gasteiger partial charge in [0, 0.05) is 18.1 Å². The van der Waals surface area contributed by atoms with E-state index in [-0.39, 0.29) is 5.91 Å². The first-order valence-electron chi connectivity index (χ1n) is 10.1. The number of carbonyl (C=O) groups excluding carboxylic acids is 1. The summed E-state index contributed by atoms with van der Waals surface area (Å²) in [6, 6.07) is 13.6. The molecule has 1 atom stereocenters. The van der Waals surface area contributed by atoms with Gasteiger partial charge in [-0.1, -0.05) is 35.9 Å². The highest BCUT2D eigenvalue weighted by atomic mass is 35.5. The largest absolute Gasteiger partial charge is 0.350 e. The SMILES string of the molecule is C[C@@H](C(=O)NCc1ccccc1CN1CCCC1)N(c1ccc(Cl)cc1)S(C)(=O)=O. The number of hydrogen-bond acceptors (Lipinski definition) is 4. The molecule has 1 aliphatic heterocycles. The number of carbonyl (C=O) groups is 1. The number of halogens is 1. The number of nitrogens with one attached hydrogen (secondary N) is 1. The van der Waals surface area contributed by atoms with Crippen LogP contribution in [0.1, 0.15) is 30.9 Å². The van der Waals surface area contributed by atoms with Crippen LogP contribution in [0.3, 0.4) is 0 Å². The number of amides is 1. The van der Waals surface area contributed by atoms with E-state index in [1.807, 2.05) is 18.2 Å². The molecule has 0 unspecified atom stereocenters. The molecule has 0 saturated carbocycles. The molecule has 8 heteroatoms. The molecule has 1 saturated heterocycles. The van der Waals surface area contributed by atoms with Crippen LogP contribution in [0.5, 0.6) is 0 Å². The number of rotatable bonds is 8. The van der Waals surface area contributed by atoms with Crippen molar-refractivity contribution in [2.24, 2.45) is 0 Å². The molecule has 1 N–H and O–H groups in total. The summed E-state index contributed by atoms with van der Waals surface area (Å²) in [4.78, 5) is 15.3. The van der Waals surface area contributed by atoms with Crippen molar-refractivity contribution < 1.29 is 13.2 Å². The van der Waals surface area contributed by atoms with Crippen LogP contribution in [0.25, 0.3) is 0 Å². The third-order valence-corrected chi connectivity index (χ3v) is 6.83. The number of sulfonamides is 1. The molecule has 0 bridgehead atoms. The standard InChI is InChI=1S/C22H28ClN3O3S/c1-17(26(30(2,28)29)21-11-9-20(23)10-12-21)22(27)24-15-18-7-3-4-8-19(18)16-25-13-5-6-14-25/h3-4,7-12,17H,5-6,13-16H2,1-2H3,(H,24,27)/t17-/m0/s1. The van der Waals surface area contributed by atoms with Gasteiger partial charge in [-0.25, -0.2) is 8.42 Å². The zero-order valence-corrected chi connectivity index (χ0v) is 18.9. The number of nitrogens with zero attached hydrogens (tertiary/aromatic N) is 2. The van der Waals surface area contributed by atoms with Gasteiger partial charge in [0.2, 0.25) is 15.9 Å². The Morgan fingerprint density at radius 1 is 1.10 bits per heavy atom. The number of anilines is 1. The highest BCUT2D eigenvalue weighted by Gasteiger charge is 2.29. The summed E-state index contributed by atoms with van der Waals surface area (Å²) in [6.45, 7) is 5.00. The maximum atomic E-state index is 12.8. The Morgan fingerprint density at radius 3 is 2.30 bits per heavy atom. The van der Waals surface area contributed by atoms with Crippen molar-refractivity contribution in [3.63, 3.8) is 0 Å². The van der Waals surface area contributed by atoms with Crippen molar-refractivity contribution in [1.82, 2.24) is 10.2 Å². The van der Waals surface area contributed by atoms with Crippen molar-refractivity contribution in [3.8, 4) is 0 Å². The predicted molar refractivity (Wildman–Crippen MR) is 121 cm³/mol. The molecule has 3 rings (SSSR count). The van der Waals surface area contributed by atoms with Gasteiger partial charge in [0.15, 0.2) is 0 Å². The van der Waals surface area contributed by atoms with E-state index in [1.54, 1.807) is 31.2 Å². The lowest BCUT2D eigenvalue weighted by atomic mass is 10.1. The van der Waals surface area contributed by atoms with Crippen molar-refractivity contribution >= 4 is 33.2 Å². The Bertz CT molecular complexity index is 973. The van der Waals surface area contributed by atoms with Crippen molar-refractivity contribution in [2.45, 2.75) is 38.9 Å². The molecule has 0 radical (unpaired) electrons. The van der Waals surface area contributed by atoms with Gasteiger partial charge in [-0.15, -0.1) is 0 Å². The molecule has 1 aliphatic rings. The minimum absolute atomic E-state index is 0.353. The first kappa shape index (κ1) is 22.6. The van der Waals surface area contributed by atoms with Gasteiger partial charge in [0.05, 0.1) is 11.9 Å². The van der Waals surface area contributed by atoms with Gasteiger partial charge in [-0.2, -0.15) is 0 Å². The quantitative estimate of drug-likeness (QED) is 0.670. The van der Waals surface area contributed by atoms with Gasteiger partial charge < -0.3 is 5.32 Å². The highest BCUT2D eigenvalue weighted by Crippen LogP contribution is 2.23. The fourth-order valence-corrected chi connectivity index (χ4v) is 5.09. The van der Waals surface area contributed by atoms with E-state index < -0.39 is 16.1 Å². The van der Waals surface area contributed by atoms with E-state index in [4.69, 9.17) is 11.6 Å². The topological polar surface area (TPSA) is 69.7 Å². The van der Waals surface area contributed by atoms with Crippen LogP contribution in [0, 0.1) is 0 Å². The monoisotopic (exact) mass is 449 g/mol. The summed E-state index contributed by atoms with van der Waals surface area (Å²) < 4.78 is 25.9. The fraction of sp³-hybridized carbons (Fsp3) is 0.409. The molecule has 6 nitrogen and oxygen atoms in total. The Kier molecular flexibility index (Phi) is 7.39. The molecule has 0 aromatic heterocycles. The second-order valence-electron chi connectivity index (χ2n) is 7.68. The van der Waals surface area contributed by atoms with Crippen molar-refractivity contribution in [2.75, 3.05) is 23.7 Å². The Hall–Kier alpha value is -2.09. The Balaban J connectivity index is 1.71. The van der Waals surface area contributed by atoms with Crippen LogP contribution in [0.4, 0.5) is 5.69 Å². The molecular formula is C22H28ClN3O3S. The number of benzene rings is 2. The zero-order valence-electron chi connectivity index (χ0n) is 17.3. The van der Waals surface area contributed by atoms with Crippen LogP contribution in [0.15, 0.2) is 48.5 Å². The van der Waals surface area contributed by atoms with Gasteiger partial charge >= 0.3 is 0 Å². The predicted octanol–water partition coefficient (Wildman–Crippen LogP) is 3.41. The van der Waals surface area contributed by atoms with E-state index in [9.17, 15) is 13.2 Å². The van der Waals surface area contributed by atoms with Crippen LogP contribution >= 0.6 is 11.6 Å². The van der Waals surface area contributed by atoms with E-state index in [0.717, 1.165) is 35.8 Å². The average molecular weight is 450 g/mol. The van der Waals surface area contributed by atoms with Crippen LogP contribution in [0.2, 0.25) is 5.02 Å². The molecule has 1 fully saturated rings. The summed E-state index contributed by atoms with van der Waals surface area (Å²) >= 11 is 5.92. The van der Waals surface area contributed by atoms with E-state index in [0.29, 0.717) is 17.3 Å². The number of hydrogen-bond donors (Lipinski definition) is 1. The van der Waals surface area contributed by atoms with Crippen molar-refractivity contribution in [1.29, 1.82) is 0 Å². The van der Waals surface area contributed by atoms with Crippen LogP contribution in [-0.2, 0) is 27.9 Å². The van der Waals surface area contributed by atoms with Gasteiger partial charge in [-0.3, -0.25) is 14.0 Å².